The second-order valence-corrected chi connectivity index (χ2v) is 3.91. The summed E-state index contributed by atoms with van der Waals surface area (Å²) in [4.78, 5) is 8.28. The van der Waals surface area contributed by atoms with Crippen LogP contribution in [-0.2, 0) is 5.41 Å². The number of aromatic nitrogens is 2. The molecule has 70 valence electrons. The first-order valence-corrected chi connectivity index (χ1v) is 4.78. The summed E-state index contributed by atoms with van der Waals surface area (Å²) < 4.78 is 0. The topological polar surface area (TPSA) is 37.8 Å². The van der Waals surface area contributed by atoms with Gasteiger partial charge in [0.1, 0.15) is 6.33 Å². The van der Waals surface area contributed by atoms with Gasteiger partial charge in [0, 0.05) is 17.3 Å². The predicted molar refractivity (Wildman–Crippen MR) is 51.5 cm³/mol. The molecule has 2 heterocycles. The molecule has 0 bridgehead atoms. The van der Waals surface area contributed by atoms with Gasteiger partial charge in [0.05, 0.1) is 0 Å². The van der Waals surface area contributed by atoms with Gasteiger partial charge in [-0.1, -0.05) is 6.92 Å². The molecule has 13 heavy (non-hydrogen) atoms. The van der Waals surface area contributed by atoms with E-state index in [1.807, 2.05) is 12.3 Å². The maximum atomic E-state index is 4.34. The van der Waals surface area contributed by atoms with Gasteiger partial charge >= 0.3 is 0 Å². The molecule has 0 saturated carbocycles. The van der Waals surface area contributed by atoms with Crippen LogP contribution in [0.1, 0.15) is 25.5 Å². The minimum absolute atomic E-state index is 0.258. The third-order valence-corrected chi connectivity index (χ3v) is 2.91. The van der Waals surface area contributed by atoms with Crippen molar-refractivity contribution in [2.24, 2.45) is 0 Å². The molecule has 1 aliphatic heterocycles. The highest BCUT2D eigenvalue weighted by molar-refractivity contribution is 5.14. The van der Waals surface area contributed by atoms with E-state index in [0.717, 1.165) is 13.1 Å². The molecule has 1 saturated heterocycles. The molecular formula is C10H15N3. The summed E-state index contributed by atoms with van der Waals surface area (Å²) in [5.41, 5.74) is 1.44. The van der Waals surface area contributed by atoms with Gasteiger partial charge < -0.3 is 5.32 Å². The first kappa shape index (κ1) is 8.63. The highest BCUT2D eigenvalue weighted by Crippen LogP contribution is 2.30. The second-order valence-electron chi connectivity index (χ2n) is 3.91. The van der Waals surface area contributed by atoms with Crippen molar-refractivity contribution in [1.29, 1.82) is 0 Å². The second kappa shape index (κ2) is 3.42. The van der Waals surface area contributed by atoms with Crippen LogP contribution in [0.25, 0.3) is 0 Å². The van der Waals surface area contributed by atoms with Gasteiger partial charge in [-0.2, -0.15) is 0 Å². The summed E-state index contributed by atoms with van der Waals surface area (Å²) in [6.45, 7) is 4.48. The summed E-state index contributed by atoms with van der Waals surface area (Å²) in [7, 11) is 0. The molecule has 0 unspecified atom stereocenters. The highest BCUT2D eigenvalue weighted by atomic mass is 14.9. The van der Waals surface area contributed by atoms with Crippen LogP contribution >= 0.6 is 0 Å². The molecule has 0 aliphatic carbocycles. The molecule has 0 aromatic carbocycles. The minimum atomic E-state index is 0.258. The van der Waals surface area contributed by atoms with Crippen molar-refractivity contribution in [3.63, 3.8) is 0 Å². The molecule has 2 rings (SSSR count). The average molecular weight is 177 g/mol. The highest BCUT2D eigenvalue weighted by Gasteiger charge is 2.29. The number of nitrogens with one attached hydrogen (secondary N) is 1. The fraction of sp³-hybridized carbons (Fsp3) is 0.600. The number of nitrogens with zero attached hydrogens (tertiary/aromatic N) is 2. The van der Waals surface area contributed by atoms with Crippen molar-refractivity contribution in [2.75, 3.05) is 13.1 Å². The average Bonchev–Trinajstić information content (AvgIpc) is 2.20. The minimum Gasteiger partial charge on any atom is -0.317 e. The molecule has 3 heteroatoms. The largest absolute Gasteiger partial charge is 0.317 e. The fourth-order valence-corrected chi connectivity index (χ4v) is 1.88. The lowest BCUT2D eigenvalue weighted by molar-refractivity contribution is 0.327. The van der Waals surface area contributed by atoms with Crippen molar-refractivity contribution in [2.45, 2.75) is 25.2 Å². The van der Waals surface area contributed by atoms with Crippen LogP contribution in [0.3, 0.4) is 0 Å². The molecular weight excluding hydrogens is 162 g/mol. The Bertz CT molecular complexity index is 265. The molecule has 1 fully saturated rings. The first-order valence-electron chi connectivity index (χ1n) is 4.78. The Balaban J connectivity index is 2.23. The summed E-state index contributed by atoms with van der Waals surface area (Å²) in [6.07, 6.45) is 5.81. The van der Waals surface area contributed by atoms with E-state index in [2.05, 4.69) is 22.2 Å². The molecule has 3 nitrogen and oxygen atoms in total. The normalized spacial score (nSPS) is 21.3. The fourth-order valence-electron chi connectivity index (χ4n) is 1.88. The number of hydrogen-bond donors (Lipinski definition) is 1. The van der Waals surface area contributed by atoms with E-state index >= 15 is 0 Å². The van der Waals surface area contributed by atoms with E-state index in [1.54, 1.807) is 6.33 Å². The van der Waals surface area contributed by atoms with E-state index < -0.39 is 0 Å². The molecule has 0 spiro atoms. The molecule has 1 aromatic rings. The third kappa shape index (κ3) is 1.70. The van der Waals surface area contributed by atoms with E-state index in [0.29, 0.717) is 0 Å². The molecule has 0 amide bonds. The summed E-state index contributed by atoms with van der Waals surface area (Å²) in [5, 5.41) is 3.37. The van der Waals surface area contributed by atoms with Gasteiger partial charge in [0.25, 0.3) is 0 Å². The Morgan fingerprint density at radius 3 is 2.77 bits per heavy atom. The van der Waals surface area contributed by atoms with Crippen molar-refractivity contribution >= 4 is 0 Å². The van der Waals surface area contributed by atoms with Crippen LogP contribution in [0, 0.1) is 0 Å². The number of hydrogen-bond acceptors (Lipinski definition) is 3. The first-order chi connectivity index (χ1) is 6.31. The van der Waals surface area contributed by atoms with Gasteiger partial charge in [0.15, 0.2) is 0 Å². The van der Waals surface area contributed by atoms with Gasteiger partial charge in [0.2, 0.25) is 0 Å². The van der Waals surface area contributed by atoms with E-state index in [-0.39, 0.29) is 5.41 Å². The number of rotatable bonds is 1. The van der Waals surface area contributed by atoms with Crippen molar-refractivity contribution < 1.29 is 0 Å². The summed E-state index contributed by atoms with van der Waals surface area (Å²) in [6, 6.07) is 2.03. The quantitative estimate of drug-likeness (QED) is 0.698. The smallest absolute Gasteiger partial charge is 0.115 e. The zero-order valence-corrected chi connectivity index (χ0v) is 7.95. The lowest BCUT2D eigenvalue weighted by Gasteiger charge is -2.33. The lowest BCUT2D eigenvalue weighted by atomic mass is 9.78. The van der Waals surface area contributed by atoms with E-state index in [9.17, 15) is 0 Å². The summed E-state index contributed by atoms with van der Waals surface area (Å²) >= 11 is 0. The van der Waals surface area contributed by atoms with Crippen LogP contribution in [0.2, 0.25) is 0 Å². The molecule has 1 aromatic heterocycles. The lowest BCUT2D eigenvalue weighted by Crippen LogP contribution is -2.38. The van der Waals surface area contributed by atoms with Crippen LogP contribution in [-0.4, -0.2) is 23.1 Å². The van der Waals surface area contributed by atoms with Gasteiger partial charge in [-0.3, -0.25) is 0 Å². The van der Waals surface area contributed by atoms with Crippen LogP contribution in [0.15, 0.2) is 18.6 Å². The summed E-state index contributed by atoms with van der Waals surface area (Å²) in [5.74, 6) is 0. The van der Waals surface area contributed by atoms with Crippen molar-refractivity contribution in [3.05, 3.63) is 24.3 Å². The molecule has 1 aliphatic rings. The van der Waals surface area contributed by atoms with Crippen LogP contribution in [0.4, 0.5) is 0 Å². The molecule has 1 N–H and O–H groups in total. The molecule has 0 atom stereocenters. The van der Waals surface area contributed by atoms with Gasteiger partial charge in [-0.15, -0.1) is 0 Å². The van der Waals surface area contributed by atoms with E-state index in [1.165, 1.54) is 18.5 Å². The Morgan fingerprint density at radius 2 is 2.15 bits per heavy atom. The third-order valence-electron chi connectivity index (χ3n) is 2.91. The predicted octanol–water partition coefficient (Wildman–Crippen LogP) is 1.12. The Morgan fingerprint density at radius 1 is 1.38 bits per heavy atom. The monoisotopic (exact) mass is 177 g/mol. The standard InChI is InChI=1S/C10H15N3/c1-10(3-6-11-7-4-10)9-2-5-12-8-13-9/h2,5,8,11H,3-4,6-7H2,1H3. The zero-order chi connectivity index (χ0) is 9.15. The zero-order valence-electron chi connectivity index (χ0n) is 7.95. The SMILES string of the molecule is CC1(c2ccncn2)CCNCC1. The van der Waals surface area contributed by atoms with Gasteiger partial charge in [-0.25, -0.2) is 9.97 Å². The van der Waals surface area contributed by atoms with Gasteiger partial charge in [-0.05, 0) is 32.0 Å². The number of piperidine rings is 1. The Hall–Kier alpha value is -0.960. The van der Waals surface area contributed by atoms with Crippen LogP contribution in [0.5, 0.6) is 0 Å². The Kier molecular flexibility index (Phi) is 2.27. The van der Waals surface area contributed by atoms with Crippen LogP contribution < -0.4 is 5.32 Å². The molecule has 0 radical (unpaired) electrons. The maximum Gasteiger partial charge on any atom is 0.115 e. The maximum absolute atomic E-state index is 4.34. The van der Waals surface area contributed by atoms with E-state index in [4.69, 9.17) is 0 Å². The van der Waals surface area contributed by atoms with Crippen molar-refractivity contribution in [3.8, 4) is 0 Å². The Labute approximate surface area is 78.6 Å². The van der Waals surface area contributed by atoms with Crippen molar-refractivity contribution in [1.82, 2.24) is 15.3 Å².